The summed E-state index contributed by atoms with van der Waals surface area (Å²) in [5.74, 6) is -4.02. The van der Waals surface area contributed by atoms with Crippen LogP contribution in [-0.2, 0) is 36.9 Å². The predicted molar refractivity (Wildman–Crippen MR) is 185 cm³/mol. The molecule has 4 rings (SSSR count). The van der Waals surface area contributed by atoms with Crippen molar-refractivity contribution in [3.63, 3.8) is 0 Å². The van der Waals surface area contributed by atoms with Gasteiger partial charge in [-0.15, -0.1) is 0 Å². The zero-order chi connectivity index (χ0) is 38.4. The Hall–Kier alpha value is -5.71. The standard InChI is InChI=1S/C35H42N6O11/c1-6-22(2)35(46,32(44)51-20-23-12-8-7-9-13-23)30(42)27-16-11-17-38(27)31(43)28(18-24-19-36-21-37-24)39(33(45)52-34(3,4)5)25-14-10-15-26(40(47)48)29(25)41(49)50/h7-10,12-15,19,21-22,27-28,46H,6,11,16-18,20H2,1-5H3,(H,36,37)/t22?,27-,28-,35?/m0/s1. The van der Waals surface area contributed by atoms with E-state index in [2.05, 4.69) is 9.97 Å². The van der Waals surface area contributed by atoms with Crippen LogP contribution in [0.2, 0.25) is 0 Å². The Morgan fingerprint density at radius 3 is 2.35 bits per heavy atom. The van der Waals surface area contributed by atoms with Crippen LogP contribution in [0.25, 0.3) is 0 Å². The summed E-state index contributed by atoms with van der Waals surface area (Å²) < 4.78 is 11.0. The number of Topliss-reactive ketones (excluding diaryl/α,β-unsaturated/α-hetero) is 1. The van der Waals surface area contributed by atoms with Gasteiger partial charge in [-0.1, -0.05) is 50.2 Å². The van der Waals surface area contributed by atoms with Gasteiger partial charge < -0.3 is 24.5 Å². The van der Waals surface area contributed by atoms with E-state index in [1.807, 2.05) is 0 Å². The van der Waals surface area contributed by atoms with Gasteiger partial charge in [0.05, 0.1) is 22.2 Å². The number of ether oxygens (including phenoxy) is 2. The van der Waals surface area contributed by atoms with Crippen LogP contribution >= 0.6 is 0 Å². The van der Waals surface area contributed by atoms with Crippen LogP contribution in [0, 0.1) is 26.1 Å². The lowest BCUT2D eigenvalue weighted by Gasteiger charge is -2.38. The summed E-state index contributed by atoms with van der Waals surface area (Å²) in [5.41, 5.74) is -5.55. The minimum atomic E-state index is -2.67. The van der Waals surface area contributed by atoms with E-state index in [-0.39, 0.29) is 38.8 Å². The van der Waals surface area contributed by atoms with Gasteiger partial charge in [-0.2, -0.15) is 0 Å². The number of hydrogen-bond acceptors (Lipinski definition) is 12. The maximum absolute atomic E-state index is 14.8. The molecule has 0 radical (unpaired) electrons. The summed E-state index contributed by atoms with van der Waals surface area (Å²) in [6, 6.07) is 8.68. The van der Waals surface area contributed by atoms with Crippen molar-refractivity contribution in [1.29, 1.82) is 0 Å². The lowest BCUT2D eigenvalue weighted by Crippen LogP contribution is -2.61. The van der Waals surface area contributed by atoms with Crippen molar-refractivity contribution >= 4 is 40.8 Å². The Kier molecular flexibility index (Phi) is 12.1. The molecule has 1 aromatic heterocycles. The molecule has 278 valence electrons. The maximum atomic E-state index is 14.8. The predicted octanol–water partition coefficient (Wildman–Crippen LogP) is 4.66. The molecule has 3 aromatic rings. The second-order valence-corrected chi connectivity index (χ2v) is 13.5. The fraction of sp³-hybridized carbons (Fsp3) is 0.457. The van der Waals surface area contributed by atoms with Gasteiger partial charge in [-0.25, -0.2) is 14.6 Å². The highest BCUT2D eigenvalue weighted by Crippen LogP contribution is 2.40. The van der Waals surface area contributed by atoms with E-state index < -0.39 is 79.9 Å². The molecule has 17 heteroatoms. The van der Waals surface area contributed by atoms with Crippen LogP contribution < -0.4 is 4.90 Å². The average Bonchev–Trinajstić information content (AvgIpc) is 3.81. The number of likely N-dealkylation sites (tertiary alicyclic amines) is 1. The summed E-state index contributed by atoms with van der Waals surface area (Å²) >= 11 is 0. The molecule has 2 heterocycles. The number of nitro benzene ring substituents is 2. The topological polar surface area (TPSA) is 228 Å². The molecule has 1 saturated heterocycles. The van der Waals surface area contributed by atoms with E-state index in [0.717, 1.165) is 23.1 Å². The molecule has 0 aliphatic carbocycles. The molecule has 0 saturated carbocycles. The number of aliphatic hydroxyl groups is 1. The first-order valence-corrected chi connectivity index (χ1v) is 16.7. The van der Waals surface area contributed by atoms with Crippen molar-refractivity contribution in [2.75, 3.05) is 11.4 Å². The zero-order valence-corrected chi connectivity index (χ0v) is 29.5. The van der Waals surface area contributed by atoms with E-state index in [1.165, 1.54) is 40.2 Å². The van der Waals surface area contributed by atoms with Gasteiger partial charge in [0, 0.05) is 36.8 Å². The van der Waals surface area contributed by atoms with Crippen molar-refractivity contribution < 1.29 is 43.6 Å². The van der Waals surface area contributed by atoms with Crippen molar-refractivity contribution in [2.24, 2.45) is 5.92 Å². The summed E-state index contributed by atoms with van der Waals surface area (Å²) in [7, 11) is 0. The molecule has 1 aliphatic heterocycles. The zero-order valence-electron chi connectivity index (χ0n) is 29.5. The van der Waals surface area contributed by atoms with E-state index in [4.69, 9.17) is 9.47 Å². The molecule has 0 bridgehead atoms. The third-order valence-electron chi connectivity index (χ3n) is 8.85. The number of aromatic amines is 1. The highest BCUT2D eigenvalue weighted by Gasteiger charge is 2.55. The molecule has 0 spiro atoms. The first-order valence-electron chi connectivity index (χ1n) is 16.7. The second-order valence-electron chi connectivity index (χ2n) is 13.5. The van der Waals surface area contributed by atoms with Gasteiger partial charge in [-0.3, -0.25) is 34.7 Å². The van der Waals surface area contributed by atoms with Crippen LogP contribution in [-0.4, -0.2) is 83.4 Å². The minimum Gasteiger partial charge on any atom is -0.458 e. The monoisotopic (exact) mass is 722 g/mol. The van der Waals surface area contributed by atoms with E-state index in [9.17, 15) is 44.5 Å². The number of carbonyl (C=O) groups excluding carboxylic acids is 4. The van der Waals surface area contributed by atoms with Crippen LogP contribution in [0.1, 0.15) is 65.1 Å². The Balaban J connectivity index is 1.82. The van der Waals surface area contributed by atoms with Gasteiger partial charge >= 0.3 is 23.4 Å². The molecule has 17 nitrogen and oxygen atoms in total. The lowest BCUT2D eigenvalue weighted by atomic mass is 9.79. The number of nitrogens with zero attached hydrogens (tertiary/aromatic N) is 5. The summed E-state index contributed by atoms with van der Waals surface area (Å²) in [6.07, 6.45) is 1.55. The first kappa shape index (κ1) is 39.1. The average molecular weight is 723 g/mol. The molecule has 2 amide bonds. The van der Waals surface area contributed by atoms with Gasteiger partial charge in [0.25, 0.3) is 0 Å². The number of benzene rings is 2. The number of para-hydroxylation sites is 1. The number of imidazole rings is 1. The highest BCUT2D eigenvalue weighted by molar-refractivity contribution is 6.11. The second kappa shape index (κ2) is 16.1. The third kappa shape index (κ3) is 8.42. The number of nitrogens with one attached hydrogen (secondary N) is 1. The number of nitro groups is 2. The SMILES string of the molecule is CCC(C)C(O)(C(=O)OCc1ccccc1)C(=O)[C@@H]1CCCN1C(=O)[C@H](Cc1cnc[nH]1)N(C(=O)OC(C)(C)C)c1cccc([N+](=O)[O-])c1[N+](=O)[O-]. The smallest absolute Gasteiger partial charge is 0.415 e. The quantitative estimate of drug-likeness (QED) is 0.100. The molecular formula is C35H42N6O11. The van der Waals surface area contributed by atoms with Gasteiger partial charge in [-0.05, 0) is 51.7 Å². The van der Waals surface area contributed by atoms with Crippen molar-refractivity contribution in [3.05, 3.63) is 92.5 Å². The van der Waals surface area contributed by atoms with Crippen molar-refractivity contribution in [2.45, 2.75) is 90.2 Å². The van der Waals surface area contributed by atoms with E-state index >= 15 is 0 Å². The highest BCUT2D eigenvalue weighted by atomic mass is 16.6. The molecule has 52 heavy (non-hydrogen) atoms. The Labute approximate surface area is 299 Å². The number of anilines is 1. The Bertz CT molecular complexity index is 1790. The molecule has 1 aliphatic rings. The largest absolute Gasteiger partial charge is 0.458 e. The van der Waals surface area contributed by atoms with E-state index in [0.29, 0.717) is 16.2 Å². The van der Waals surface area contributed by atoms with Crippen molar-refractivity contribution in [3.8, 4) is 0 Å². The van der Waals surface area contributed by atoms with Crippen molar-refractivity contribution in [1.82, 2.24) is 14.9 Å². The van der Waals surface area contributed by atoms with Crippen LogP contribution in [0.4, 0.5) is 21.9 Å². The number of H-pyrrole nitrogens is 1. The summed E-state index contributed by atoms with van der Waals surface area (Å²) in [6.45, 7) is 7.49. The first-order chi connectivity index (χ1) is 24.5. The van der Waals surface area contributed by atoms with Crippen LogP contribution in [0.3, 0.4) is 0 Å². The Morgan fingerprint density at radius 1 is 1.08 bits per heavy atom. The third-order valence-corrected chi connectivity index (χ3v) is 8.85. The fourth-order valence-corrected chi connectivity index (χ4v) is 6.07. The molecule has 1 fully saturated rings. The number of amides is 2. The van der Waals surface area contributed by atoms with Gasteiger partial charge in [0.1, 0.15) is 23.9 Å². The van der Waals surface area contributed by atoms with Gasteiger partial charge in [0.2, 0.25) is 11.5 Å². The fourth-order valence-electron chi connectivity index (χ4n) is 6.07. The maximum Gasteiger partial charge on any atom is 0.415 e. The van der Waals surface area contributed by atoms with Gasteiger partial charge in [0.15, 0.2) is 5.78 Å². The van der Waals surface area contributed by atoms with E-state index in [1.54, 1.807) is 37.3 Å². The number of esters is 1. The molecule has 2 aromatic carbocycles. The number of carbonyl (C=O) groups is 4. The number of aromatic nitrogens is 2. The normalized spacial score (nSPS) is 16.7. The molecule has 4 atom stereocenters. The van der Waals surface area contributed by atoms with Crippen LogP contribution in [0.5, 0.6) is 0 Å². The summed E-state index contributed by atoms with van der Waals surface area (Å²) in [4.78, 5) is 87.6. The minimum absolute atomic E-state index is 0.0372. The van der Waals surface area contributed by atoms with Crippen LogP contribution in [0.15, 0.2) is 61.1 Å². The molecule has 2 unspecified atom stereocenters. The number of rotatable bonds is 14. The molecular weight excluding hydrogens is 680 g/mol. The number of hydrogen-bond donors (Lipinski definition) is 2. The lowest BCUT2D eigenvalue weighted by molar-refractivity contribution is -0.422. The Morgan fingerprint density at radius 2 is 1.77 bits per heavy atom. The molecule has 2 N–H and O–H groups in total. The number of ketones is 1. The summed E-state index contributed by atoms with van der Waals surface area (Å²) in [5, 5.41) is 36.2.